The monoisotopic (exact) mass is 354 g/mol. The van der Waals surface area contributed by atoms with E-state index in [1.54, 1.807) is 32.9 Å². The highest BCUT2D eigenvalue weighted by atomic mass is 19.1. The van der Waals surface area contributed by atoms with Crippen molar-refractivity contribution in [1.82, 2.24) is 10.6 Å². The van der Waals surface area contributed by atoms with Crippen molar-refractivity contribution < 1.29 is 23.5 Å². The molecule has 0 saturated heterocycles. The molecule has 0 saturated carbocycles. The van der Waals surface area contributed by atoms with Crippen molar-refractivity contribution in [3.05, 3.63) is 30.1 Å². The summed E-state index contributed by atoms with van der Waals surface area (Å²) in [7, 11) is 0. The van der Waals surface area contributed by atoms with Gasteiger partial charge in [-0.3, -0.25) is 4.79 Å². The van der Waals surface area contributed by atoms with E-state index in [4.69, 9.17) is 9.47 Å². The number of nitrogens with one attached hydrogen (secondary N) is 2. The Kier molecular flexibility index (Phi) is 8.18. The van der Waals surface area contributed by atoms with Crippen LogP contribution >= 0.6 is 0 Å². The van der Waals surface area contributed by atoms with Crippen LogP contribution in [-0.4, -0.2) is 36.8 Å². The van der Waals surface area contributed by atoms with Gasteiger partial charge in [-0.1, -0.05) is 26.0 Å². The summed E-state index contributed by atoms with van der Waals surface area (Å²) in [6.07, 6.45) is -0.914. The molecule has 0 aliphatic rings. The molecule has 0 aromatic heterocycles. The number of ether oxygens (including phenoxy) is 2. The van der Waals surface area contributed by atoms with Crippen LogP contribution < -0.4 is 15.4 Å². The standard InChI is InChI=1S/C18H27FN2O4/c1-11(2)16(21-18(23)25-12(3)4)17(22)20-13(5)10-24-15-9-7-6-8-14(15)19/h6-9,11-13,16H,10H2,1-5H3,(H,20,22)(H,21,23). The van der Waals surface area contributed by atoms with Crippen LogP contribution in [0.1, 0.15) is 34.6 Å². The number of alkyl carbamates (subject to hydrolysis) is 1. The molecule has 1 aromatic rings. The molecule has 2 amide bonds. The summed E-state index contributed by atoms with van der Waals surface area (Å²) in [5.74, 6) is -0.804. The second-order valence-corrected chi connectivity index (χ2v) is 6.47. The van der Waals surface area contributed by atoms with Gasteiger partial charge in [0.15, 0.2) is 11.6 Å². The van der Waals surface area contributed by atoms with Crippen molar-refractivity contribution in [2.45, 2.75) is 52.8 Å². The molecular weight excluding hydrogens is 327 g/mol. The van der Waals surface area contributed by atoms with Crippen LogP contribution in [-0.2, 0) is 9.53 Å². The van der Waals surface area contributed by atoms with Gasteiger partial charge < -0.3 is 20.1 Å². The highest BCUT2D eigenvalue weighted by Gasteiger charge is 2.26. The average molecular weight is 354 g/mol. The Labute approximate surface area is 148 Å². The van der Waals surface area contributed by atoms with Gasteiger partial charge in [0.1, 0.15) is 12.6 Å². The molecule has 2 atom stereocenters. The number of rotatable bonds is 8. The van der Waals surface area contributed by atoms with E-state index >= 15 is 0 Å². The molecule has 0 heterocycles. The lowest BCUT2D eigenvalue weighted by atomic mass is 10.0. The maximum Gasteiger partial charge on any atom is 0.408 e. The van der Waals surface area contributed by atoms with Crippen molar-refractivity contribution >= 4 is 12.0 Å². The Morgan fingerprint density at radius 2 is 1.72 bits per heavy atom. The second kappa shape index (κ2) is 9.86. The maximum absolute atomic E-state index is 13.5. The largest absolute Gasteiger partial charge is 0.488 e. The normalized spacial score (nSPS) is 13.3. The molecule has 1 rings (SSSR count). The first-order valence-corrected chi connectivity index (χ1v) is 8.35. The maximum atomic E-state index is 13.5. The van der Waals surface area contributed by atoms with E-state index < -0.39 is 18.0 Å². The Balaban J connectivity index is 2.55. The third kappa shape index (κ3) is 7.41. The van der Waals surface area contributed by atoms with E-state index in [9.17, 15) is 14.0 Å². The summed E-state index contributed by atoms with van der Waals surface area (Å²) in [5.41, 5.74) is 0. The van der Waals surface area contributed by atoms with Crippen molar-refractivity contribution in [2.75, 3.05) is 6.61 Å². The third-order valence-corrected chi connectivity index (χ3v) is 3.28. The van der Waals surface area contributed by atoms with Crippen LogP contribution in [0.25, 0.3) is 0 Å². The molecular formula is C18H27FN2O4. The molecule has 0 aliphatic heterocycles. The molecule has 25 heavy (non-hydrogen) atoms. The summed E-state index contributed by atoms with van der Waals surface area (Å²) >= 11 is 0. The van der Waals surface area contributed by atoms with Crippen LogP contribution in [0.15, 0.2) is 24.3 Å². The van der Waals surface area contributed by atoms with E-state index in [-0.39, 0.29) is 36.3 Å². The number of para-hydroxylation sites is 1. The van der Waals surface area contributed by atoms with Gasteiger partial charge in [0.05, 0.1) is 12.1 Å². The van der Waals surface area contributed by atoms with Crippen LogP contribution in [0.4, 0.5) is 9.18 Å². The zero-order valence-corrected chi connectivity index (χ0v) is 15.3. The fourth-order valence-electron chi connectivity index (χ4n) is 2.06. The first kappa shape index (κ1) is 20.7. The highest BCUT2D eigenvalue weighted by Crippen LogP contribution is 2.15. The highest BCUT2D eigenvalue weighted by molar-refractivity contribution is 5.86. The number of hydrogen-bond acceptors (Lipinski definition) is 4. The number of halogens is 1. The van der Waals surface area contributed by atoms with Crippen molar-refractivity contribution in [1.29, 1.82) is 0 Å². The van der Waals surface area contributed by atoms with Crippen LogP contribution in [0.5, 0.6) is 5.75 Å². The van der Waals surface area contributed by atoms with Crippen LogP contribution in [0, 0.1) is 11.7 Å². The summed E-state index contributed by atoms with van der Waals surface area (Å²) in [6, 6.07) is 4.96. The predicted molar refractivity (Wildman–Crippen MR) is 92.9 cm³/mol. The number of hydrogen-bond donors (Lipinski definition) is 2. The van der Waals surface area contributed by atoms with Crippen LogP contribution in [0.3, 0.4) is 0 Å². The molecule has 7 heteroatoms. The molecule has 2 unspecified atom stereocenters. The predicted octanol–water partition coefficient (Wildman–Crippen LogP) is 2.87. The lowest BCUT2D eigenvalue weighted by molar-refractivity contribution is -0.124. The fraction of sp³-hybridized carbons (Fsp3) is 0.556. The third-order valence-electron chi connectivity index (χ3n) is 3.28. The van der Waals surface area contributed by atoms with E-state index in [1.807, 2.05) is 13.8 Å². The van der Waals surface area contributed by atoms with Gasteiger partial charge in [0, 0.05) is 0 Å². The van der Waals surface area contributed by atoms with E-state index in [2.05, 4.69) is 10.6 Å². The Bertz CT molecular complexity index is 578. The van der Waals surface area contributed by atoms with E-state index in [0.29, 0.717) is 0 Å². The van der Waals surface area contributed by atoms with Gasteiger partial charge in [0.25, 0.3) is 0 Å². The number of benzene rings is 1. The minimum Gasteiger partial charge on any atom is -0.488 e. The molecule has 140 valence electrons. The number of amides is 2. The smallest absolute Gasteiger partial charge is 0.408 e. The average Bonchev–Trinajstić information content (AvgIpc) is 2.50. The minimum absolute atomic E-state index is 0.105. The summed E-state index contributed by atoms with van der Waals surface area (Å²) in [5, 5.41) is 5.31. The minimum atomic E-state index is -0.734. The molecule has 0 aliphatic carbocycles. The number of carbonyl (C=O) groups excluding carboxylic acids is 2. The van der Waals surface area contributed by atoms with Crippen LogP contribution in [0.2, 0.25) is 0 Å². The van der Waals surface area contributed by atoms with Gasteiger partial charge in [-0.2, -0.15) is 0 Å². The molecule has 6 nitrogen and oxygen atoms in total. The SMILES string of the molecule is CC(COc1ccccc1F)NC(=O)C(NC(=O)OC(C)C)C(C)C. The van der Waals surface area contributed by atoms with E-state index in [0.717, 1.165) is 0 Å². The Morgan fingerprint density at radius 3 is 2.28 bits per heavy atom. The molecule has 1 aromatic carbocycles. The lowest BCUT2D eigenvalue weighted by Gasteiger charge is -2.24. The number of carbonyl (C=O) groups is 2. The summed E-state index contributed by atoms with van der Waals surface area (Å²) < 4.78 is 23.9. The zero-order chi connectivity index (χ0) is 19.0. The van der Waals surface area contributed by atoms with E-state index in [1.165, 1.54) is 12.1 Å². The first-order chi connectivity index (χ1) is 11.7. The van der Waals surface area contributed by atoms with Gasteiger partial charge in [-0.25, -0.2) is 9.18 Å². The molecule has 0 spiro atoms. The molecule has 0 radical (unpaired) electrons. The Hall–Kier alpha value is -2.31. The topological polar surface area (TPSA) is 76.7 Å². The summed E-state index contributed by atoms with van der Waals surface area (Å²) in [4.78, 5) is 24.1. The van der Waals surface area contributed by atoms with Crippen molar-refractivity contribution in [3.63, 3.8) is 0 Å². The van der Waals surface area contributed by atoms with Gasteiger partial charge in [-0.05, 0) is 38.8 Å². The zero-order valence-electron chi connectivity index (χ0n) is 15.3. The summed E-state index contributed by atoms with van der Waals surface area (Å²) in [6.45, 7) is 8.94. The fourth-order valence-corrected chi connectivity index (χ4v) is 2.06. The quantitative estimate of drug-likeness (QED) is 0.753. The second-order valence-electron chi connectivity index (χ2n) is 6.47. The van der Waals surface area contributed by atoms with Crippen molar-refractivity contribution in [3.8, 4) is 5.75 Å². The molecule has 0 bridgehead atoms. The molecule has 2 N–H and O–H groups in total. The lowest BCUT2D eigenvalue weighted by Crippen LogP contribution is -2.52. The van der Waals surface area contributed by atoms with Crippen molar-refractivity contribution in [2.24, 2.45) is 5.92 Å². The van der Waals surface area contributed by atoms with Gasteiger partial charge in [-0.15, -0.1) is 0 Å². The van der Waals surface area contributed by atoms with Gasteiger partial charge in [0.2, 0.25) is 5.91 Å². The van der Waals surface area contributed by atoms with Gasteiger partial charge >= 0.3 is 6.09 Å². The first-order valence-electron chi connectivity index (χ1n) is 8.35. The Morgan fingerprint density at radius 1 is 1.08 bits per heavy atom. The molecule has 0 fully saturated rings.